The SMILES string of the molecule is CON1C(=O)N2C[C@H]1CC[C@H]2C(=O)NOCC1CCC1. The molecule has 3 amide bonds. The molecule has 7 nitrogen and oxygen atoms in total. The molecule has 2 heterocycles. The number of fused-ring (bicyclic) bond motifs is 2. The van der Waals surface area contributed by atoms with Crippen LogP contribution in [0.5, 0.6) is 0 Å². The molecule has 3 rings (SSSR count). The molecule has 1 N–H and O–H groups in total. The fourth-order valence-corrected chi connectivity index (χ4v) is 3.10. The second kappa shape index (κ2) is 5.57. The summed E-state index contributed by atoms with van der Waals surface area (Å²) in [6, 6.07) is -0.609. The molecule has 3 fully saturated rings. The summed E-state index contributed by atoms with van der Waals surface area (Å²) >= 11 is 0. The maximum absolute atomic E-state index is 12.1. The zero-order chi connectivity index (χ0) is 14.1. The summed E-state index contributed by atoms with van der Waals surface area (Å²) in [6.07, 6.45) is 5.02. The van der Waals surface area contributed by atoms with Gasteiger partial charge in [-0.1, -0.05) is 6.42 Å². The van der Waals surface area contributed by atoms with Gasteiger partial charge in [0.2, 0.25) is 0 Å². The minimum absolute atomic E-state index is 0.0624. The van der Waals surface area contributed by atoms with E-state index in [0.29, 0.717) is 25.5 Å². The molecule has 0 aromatic heterocycles. The fourth-order valence-electron chi connectivity index (χ4n) is 3.10. The molecule has 112 valence electrons. The van der Waals surface area contributed by atoms with E-state index in [-0.39, 0.29) is 18.0 Å². The summed E-state index contributed by atoms with van der Waals surface area (Å²) in [5.74, 6) is 0.345. The highest BCUT2D eigenvalue weighted by Crippen LogP contribution is 2.30. The van der Waals surface area contributed by atoms with Crippen LogP contribution in [0.25, 0.3) is 0 Å². The second-order valence-corrected chi connectivity index (χ2v) is 5.76. The minimum Gasteiger partial charge on any atom is -0.309 e. The lowest BCUT2D eigenvalue weighted by Gasteiger charge is -2.29. The fraction of sp³-hybridized carbons (Fsp3) is 0.846. The number of nitrogens with zero attached hydrogens (tertiary/aromatic N) is 2. The molecule has 1 saturated carbocycles. The van der Waals surface area contributed by atoms with Gasteiger partial charge in [0.15, 0.2) is 0 Å². The molecule has 2 bridgehead atoms. The number of amides is 3. The maximum atomic E-state index is 12.1. The van der Waals surface area contributed by atoms with Crippen LogP contribution in [-0.2, 0) is 14.5 Å². The number of piperidine rings is 1. The summed E-state index contributed by atoms with van der Waals surface area (Å²) in [5.41, 5.74) is 2.50. The first-order valence-corrected chi connectivity index (χ1v) is 7.26. The Morgan fingerprint density at radius 1 is 1.35 bits per heavy atom. The van der Waals surface area contributed by atoms with Crippen LogP contribution in [-0.4, -0.2) is 54.2 Å². The Morgan fingerprint density at radius 3 is 2.80 bits per heavy atom. The number of rotatable bonds is 5. The number of urea groups is 1. The number of hydroxylamine groups is 3. The highest BCUT2D eigenvalue weighted by atomic mass is 16.7. The Labute approximate surface area is 118 Å². The summed E-state index contributed by atoms with van der Waals surface area (Å²) in [6.45, 7) is 1.12. The van der Waals surface area contributed by atoms with Gasteiger partial charge < -0.3 is 4.90 Å². The predicted molar refractivity (Wildman–Crippen MR) is 69.2 cm³/mol. The van der Waals surface area contributed by atoms with Crippen molar-refractivity contribution in [3.8, 4) is 0 Å². The topological polar surface area (TPSA) is 71.1 Å². The molecule has 7 heteroatoms. The van der Waals surface area contributed by atoms with E-state index in [1.807, 2.05) is 0 Å². The first-order valence-electron chi connectivity index (χ1n) is 7.26. The molecule has 0 spiro atoms. The van der Waals surface area contributed by atoms with Crippen molar-refractivity contribution in [2.45, 2.75) is 44.2 Å². The maximum Gasteiger partial charge on any atom is 0.345 e. The summed E-state index contributed by atoms with van der Waals surface area (Å²) in [4.78, 5) is 36.1. The van der Waals surface area contributed by atoms with Crippen LogP contribution in [0.2, 0.25) is 0 Å². The lowest BCUT2D eigenvalue weighted by molar-refractivity contribution is -0.140. The van der Waals surface area contributed by atoms with E-state index >= 15 is 0 Å². The van der Waals surface area contributed by atoms with Crippen LogP contribution in [0.3, 0.4) is 0 Å². The average molecular weight is 283 g/mol. The van der Waals surface area contributed by atoms with E-state index < -0.39 is 6.04 Å². The molecule has 0 aromatic rings. The molecule has 2 saturated heterocycles. The molecular formula is C13H21N3O4. The van der Waals surface area contributed by atoms with Gasteiger partial charge in [-0.2, -0.15) is 5.06 Å². The summed E-state index contributed by atoms with van der Waals surface area (Å²) in [7, 11) is 1.48. The number of hydrogen-bond acceptors (Lipinski definition) is 4. The van der Waals surface area contributed by atoms with Crippen LogP contribution < -0.4 is 5.48 Å². The van der Waals surface area contributed by atoms with E-state index in [1.165, 1.54) is 31.4 Å². The Balaban J connectivity index is 1.51. The van der Waals surface area contributed by atoms with E-state index in [0.717, 1.165) is 6.42 Å². The largest absolute Gasteiger partial charge is 0.345 e. The smallest absolute Gasteiger partial charge is 0.309 e. The first-order chi connectivity index (χ1) is 9.70. The third-order valence-corrected chi connectivity index (χ3v) is 4.54. The number of hydrogen-bond donors (Lipinski definition) is 1. The third-order valence-electron chi connectivity index (χ3n) is 4.54. The van der Waals surface area contributed by atoms with Crippen LogP contribution >= 0.6 is 0 Å². The van der Waals surface area contributed by atoms with E-state index in [1.54, 1.807) is 4.90 Å². The molecule has 0 radical (unpaired) electrons. The van der Waals surface area contributed by atoms with Gasteiger partial charge in [0.25, 0.3) is 5.91 Å². The Morgan fingerprint density at radius 2 is 2.15 bits per heavy atom. The Hall–Kier alpha value is -1.34. The van der Waals surface area contributed by atoms with Gasteiger partial charge in [0, 0.05) is 6.54 Å². The predicted octanol–water partition coefficient (Wildman–Crippen LogP) is 0.664. The van der Waals surface area contributed by atoms with Crippen molar-refractivity contribution in [3.63, 3.8) is 0 Å². The van der Waals surface area contributed by atoms with E-state index in [4.69, 9.17) is 9.68 Å². The Kier molecular flexibility index (Phi) is 3.80. The highest BCUT2D eigenvalue weighted by molar-refractivity contribution is 5.87. The molecule has 0 aromatic carbocycles. The lowest BCUT2D eigenvalue weighted by Crippen LogP contribution is -2.50. The van der Waals surface area contributed by atoms with Gasteiger partial charge in [0.05, 0.1) is 19.8 Å². The molecule has 3 aliphatic rings. The third kappa shape index (κ3) is 2.35. The van der Waals surface area contributed by atoms with Crippen LogP contribution in [0.1, 0.15) is 32.1 Å². The Bertz CT molecular complexity index is 399. The van der Waals surface area contributed by atoms with Gasteiger partial charge in [-0.25, -0.2) is 10.3 Å². The van der Waals surface area contributed by atoms with Gasteiger partial charge in [0.1, 0.15) is 6.04 Å². The zero-order valence-electron chi connectivity index (χ0n) is 11.7. The van der Waals surface area contributed by atoms with Crippen molar-refractivity contribution in [2.24, 2.45) is 5.92 Å². The second-order valence-electron chi connectivity index (χ2n) is 5.76. The van der Waals surface area contributed by atoms with Crippen molar-refractivity contribution in [3.05, 3.63) is 0 Å². The molecule has 1 aliphatic carbocycles. The van der Waals surface area contributed by atoms with Crippen LogP contribution in [0.4, 0.5) is 4.79 Å². The monoisotopic (exact) mass is 283 g/mol. The van der Waals surface area contributed by atoms with Crippen LogP contribution in [0, 0.1) is 5.92 Å². The normalized spacial score (nSPS) is 29.6. The average Bonchev–Trinajstić information content (AvgIpc) is 2.64. The number of carbonyl (C=O) groups is 2. The zero-order valence-corrected chi connectivity index (χ0v) is 11.7. The van der Waals surface area contributed by atoms with Crippen molar-refractivity contribution in [2.75, 3.05) is 20.3 Å². The molecule has 0 unspecified atom stereocenters. The highest BCUT2D eigenvalue weighted by Gasteiger charge is 2.47. The van der Waals surface area contributed by atoms with Crippen molar-refractivity contribution < 1.29 is 19.3 Å². The quantitative estimate of drug-likeness (QED) is 0.753. The van der Waals surface area contributed by atoms with Crippen molar-refractivity contribution >= 4 is 11.9 Å². The van der Waals surface area contributed by atoms with Gasteiger partial charge >= 0.3 is 6.03 Å². The summed E-state index contributed by atoms with van der Waals surface area (Å²) in [5, 5.41) is 1.36. The molecule has 2 aliphatic heterocycles. The van der Waals surface area contributed by atoms with Gasteiger partial charge in [-0.3, -0.25) is 14.5 Å². The van der Waals surface area contributed by atoms with Crippen molar-refractivity contribution in [1.82, 2.24) is 15.4 Å². The van der Waals surface area contributed by atoms with Crippen molar-refractivity contribution in [1.29, 1.82) is 0 Å². The molecule has 20 heavy (non-hydrogen) atoms. The first kappa shape index (κ1) is 13.6. The molecule has 2 atom stereocenters. The van der Waals surface area contributed by atoms with Gasteiger partial charge in [-0.05, 0) is 31.6 Å². The summed E-state index contributed by atoms with van der Waals surface area (Å²) < 4.78 is 0. The number of carbonyl (C=O) groups excluding carboxylic acids is 2. The molecular weight excluding hydrogens is 262 g/mol. The lowest BCUT2D eigenvalue weighted by atomic mass is 9.86. The minimum atomic E-state index is -0.444. The van der Waals surface area contributed by atoms with Gasteiger partial charge in [-0.15, -0.1) is 0 Å². The standard InChI is InChI=1S/C13H21N3O4/c1-19-16-10-5-6-11(15(7-10)13(16)18)12(17)14-20-8-9-3-2-4-9/h9-11H,2-8H2,1H3,(H,14,17)/t10-,11+/m1/s1. The van der Waals surface area contributed by atoms with E-state index in [2.05, 4.69) is 5.48 Å². The van der Waals surface area contributed by atoms with E-state index in [9.17, 15) is 9.59 Å². The van der Waals surface area contributed by atoms with Crippen LogP contribution in [0.15, 0.2) is 0 Å². The number of nitrogens with one attached hydrogen (secondary N) is 1.